The topological polar surface area (TPSA) is 69.6 Å². The average Bonchev–Trinajstić information content (AvgIpc) is 3.02. The molecule has 0 saturated heterocycles. The summed E-state index contributed by atoms with van der Waals surface area (Å²) in [4.78, 5) is 23.7. The van der Waals surface area contributed by atoms with E-state index in [1.165, 1.54) is 0 Å². The fourth-order valence-electron chi connectivity index (χ4n) is 3.13. The number of hydrogen-bond donors (Lipinski definition) is 1. The van der Waals surface area contributed by atoms with E-state index in [0.29, 0.717) is 31.1 Å². The molecule has 3 aromatic rings. The molecule has 1 aliphatic heterocycles. The van der Waals surface area contributed by atoms with Gasteiger partial charge in [-0.2, -0.15) is 0 Å². The minimum absolute atomic E-state index is 0.135. The third-order valence-corrected chi connectivity index (χ3v) is 4.90. The van der Waals surface area contributed by atoms with Gasteiger partial charge in [-0.25, -0.2) is 0 Å². The summed E-state index contributed by atoms with van der Waals surface area (Å²) in [5.74, 6) is 1.29. The maximum Gasteiger partial charge on any atom is 0.240 e. The van der Waals surface area contributed by atoms with E-state index in [0.717, 1.165) is 33.0 Å². The predicted octanol–water partition coefficient (Wildman–Crippen LogP) is 3.30. The highest BCUT2D eigenvalue weighted by atomic mass is 79.9. The van der Waals surface area contributed by atoms with Crippen molar-refractivity contribution in [2.75, 3.05) is 13.2 Å². The highest BCUT2D eigenvalue weighted by Gasteiger charge is 2.13. The summed E-state index contributed by atoms with van der Waals surface area (Å²) in [6.45, 7) is 1.60. The van der Waals surface area contributed by atoms with E-state index in [9.17, 15) is 9.59 Å². The SMILES string of the molecule is O=Cc1cn(CC(=O)NCc2ccc3c(c2)OCCO3)c2ccc(Br)cc12. The Balaban J connectivity index is 1.45. The van der Waals surface area contributed by atoms with Crippen molar-refractivity contribution in [3.05, 3.63) is 58.2 Å². The Bertz CT molecular complexity index is 1030. The van der Waals surface area contributed by atoms with Crippen LogP contribution in [0.1, 0.15) is 15.9 Å². The molecule has 0 bridgehead atoms. The lowest BCUT2D eigenvalue weighted by molar-refractivity contribution is -0.121. The largest absolute Gasteiger partial charge is 0.486 e. The van der Waals surface area contributed by atoms with Crippen LogP contribution in [0.25, 0.3) is 10.9 Å². The van der Waals surface area contributed by atoms with Gasteiger partial charge in [0.25, 0.3) is 0 Å². The van der Waals surface area contributed by atoms with Gasteiger partial charge in [-0.3, -0.25) is 9.59 Å². The number of nitrogens with zero attached hydrogens (tertiary/aromatic N) is 1. The molecule has 0 unspecified atom stereocenters. The minimum atomic E-state index is -0.137. The Kier molecular flexibility index (Phi) is 4.85. The zero-order valence-corrected chi connectivity index (χ0v) is 16.0. The van der Waals surface area contributed by atoms with Crippen molar-refractivity contribution < 1.29 is 19.1 Å². The van der Waals surface area contributed by atoms with Crippen LogP contribution in [0.3, 0.4) is 0 Å². The molecule has 0 aliphatic carbocycles. The molecule has 27 heavy (non-hydrogen) atoms. The number of carbonyl (C=O) groups excluding carboxylic acids is 2. The molecule has 0 spiro atoms. The zero-order chi connectivity index (χ0) is 18.8. The number of benzene rings is 2. The molecule has 2 aromatic carbocycles. The van der Waals surface area contributed by atoms with Gasteiger partial charge in [0.2, 0.25) is 5.91 Å². The lowest BCUT2D eigenvalue weighted by Gasteiger charge is -2.19. The number of aldehydes is 1. The van der Waals surface area contributed by atoms with Gasteiger partial charge < -0.3 is 19.4 Å². The first-order valence-electron chi connectivity index (χ1n) is 8.53. The van der Waals surface area contributed by atoms with Crippen LogP contribution < -0.4 is 14.8 Å². The highest BCUT2D eigenvalue weighted by Crippen LogP contribution is 2.30. The summed E-state index contributed by atoms with van der Waals surface area (Å²) >= 11 is 3.41. The number of carbonyl (C=O) groups is 2. The van der Waals surface area contributed by atoms with Crippen molar-refractivity contribution >= 4 is 39.0 Å². The predicted molar refractivity (Wildman–Crippen MR) is 104 cm³/mol. The molecule has 7 heteroatoms. The van der Waals surface area contributed by atoms with Crippen LogP contribution in [0.4, 0.5) is 0 Å². The number of fused-ring (bicyclic) bond motifs is 2. The lowest BCUT2D eigenvalue weighted by Crippen LogP contribution is -2.27. The molecule has 0 fully saturated rings. The summed E-state index contributed by atoms with van der Waals surface area (Å²) < 4.78 is 13.7. The van der Waals surface area contributed by atoms with Crippen LogP contribution >= 0.6 is 15.9 Å². The van der Waals surface area contributed by atoms with Crippen molar-refractivity contribution in [1.82, 2.24) is 9.88 Å². The number of rotatable bonds is 5. The van der Waals surface area contributed by atoms with E-state index in [1.807, 2.05) is 36.4 Å². The zero-order valence-electron chi connectivity index (χ0n) is 14.4. The number of aromatic nitrogens is 1. The number of nitrogens with one attached hydrogen (secondary N) is 1. The summed E-state index contributed by atoms with van der Waals surface area (Å²) in [5.41, 5.74) is 2.34. The smallest absolute Gasteiger partial charge is 0.240 e. The first kappa shape index (κ1) is 17.6. The van der Waals surface area contributed by atoms with Gasteiger partial charge in [0.1, 0.15) is 19.8 Å². The Morgan fingerprint density at radius 3 is 2.78 bits per heavy atom. The van der Waals surface area contributed by atoms with Gasteiger partial charge in [-0.1, -0.05) is 22.0 Å². The molecular formula is C20H17BrN2O4. The maximum atomic E-state index is 12.4. The van der Waals surface area contributed by atoms with E-state index < -0.39 is 0 Å². The van der Waals surface area contributed by atoms with Crippen LogP contribution in [0.15, 0.2) is 47.1 Å². The van der Waals surface area contributed by atoms with Gasteiger partial charge in [-0.15, -0.1) is 0 Å². The standard InChI is InChI=1S/C20H17BrN2O4/c21-15-2-3-17-16(8-15)14(12-24)10-23(17)11-20(25)22-9-13-1-4-18-19(7-13)27-6-5-26-18/h1-4,7-8,10,12H,5-6,9,11H2,(H,22,25). The molecule has 6 nitrogen and oxygen atoms in total. The number of hydrogen-bond acceptors (Lipinski definition) is 4. The Morgan fingerprint density at radius 1 is 1.15 bits per heavy atom. The van der Waals surface area contributed by atoms with Gasteiger partial charge in [0, 0.05) is 33.7 Å². The molecule has 1 amide bonds. The molecule has 0 saturated carbocycles. The molecule has 1 N–H and O–H groups in total. The second-order valence-corrected chi connectivity index (χ2v) is 7.16. The fraction of sp³-hybridized carbons (Fsp3) is 0.200. The number of ether oxygens (including phenoxy) is 2. The highest BCUT2D eigenvalue weighted by molar-refractivity contribution is 9.10. The van der Waals surface area contributed by atoms with E-state index in [-0.39, 0.29) is 12.5 Å². The van der Waals surface area contributed by atoms with Crippen molar-refractivity contribution in [2.24, 2.45) is 0 Å². The third-order valence-electron chi connectivity index (χ3n) is 4.41. The van der Waals surface area contributed by atoms with Gasteiger partial charge >= 0.3 is 0 Å². The van der Waals surface area contributed by atoms with Crippen molar-refractivity contribution in [3.63, 3.8) is 0 Å². The second-order valence-electron chi connectivity index (χ2n) is 6.25. The first-order chi connectivity index (χ1) is 13.1. The normalized spacial score (nSPS) is 12.8. The van der Waals surface area contributed by atoms with E-state index >= 15 is 0 Å². The minimum Gasteiger partial charge on any atom is -0.486 e. The van der Waals surface area contributed by atoms with Crippen LogP contribution in [0.2, 0.25) is 0 Å². The Morgan fingerprint density at radius 2 is 1.96 bits per heavy atom. The van der Waals surface area contributed by atoms with Crippen molar-refractivity contribution in [2.45, 2.75) is 13.1 Å². The summed E-state index contributed by atoms with van der Waals surface area (Å²) in [6.07, 6.45) is 2.51. The van der Waals surface area contributed by atoms with Gasteiger partial charge in [0.15, 0.2) is 17.8 Å². The molecule has 1 aliphatic rings. The van der Waals surface area contributed by atoms with Crippen LogP contribution in [-0.2, 0) is 17.9 Å². The lowest BCUT2D eigenvalue weighted by atomic mass is 10.2. The molecule has 2 heterocycles. The molecule has 4 rings (SSSR count). The molecule has 138 valence electrons. The number of halogens is 1. The molecule has 0 radical (unpaired) electrons. The summed E-state index contributed by atoms with van der Waals surface area (Å²) in [7, 11) is 0. The number of amides is 1. The Labute approximate surface area is 164 Å². The second kappa shape index (κ2) is 7.44. The monoisotopic (exact) mass is 428 g/mol. The van der Waals surface area contributed by atoms with E-state index in [1.54, 1.807) is 10.8 Å². The van der Waals surface area contributed by atoms with Crippen LogP contribution in [0.5, 0.6) is 11.5 Å². The van der Waals surface area contributed by atoms with Crippen LogP contribution in [0, 0.1) is 0 Å². The van der Waals surface area contributed by atoms with E-state index in [4.69, 9.17) is 9.47 Å². The fourth-order valence-corrected chi connectivity index (χ4v) is 3.49. The van der Waals surface area contributed by atoms with Gasteiger partial charge in [0.05, 0.1) is 0 Å². The van der Waals surface area contributed by atoms with Crippen LogP contribution in [-0.4, -0.2) is 30.0 Å². The quantitative estimate of drug-likeness (QED) is 0.632. The van der Waals surface area contributed by atoms with E-state index in [2.05, 4.69) is 21.2 Å². The average molecular weight is 429 g/mol. The first-order valence-corrected chi connectivity index (χ1v) is 9.32. The summed E-state index contributed by atoms with van der Waals surface area (Å²) in [6, 6.07) is 11.3. The molecular weight excluding hydrogens is 412 g/mol. The molecule has 1 aromatic heterocycles. The van der Waals surface area contributed by atoms with Gasteiger partial charge in [-0.05, 0) is 35.9 Å². The Hall–Kier alpha value is -2.80. The molecule has 0 atom stereocenters. The third kappa shape index (κ3) is 3.68. The van der Waals surface area contributed by atoms with Crippen molar-refractivity contribution in [1.29, 1.82) is 0 Å². The maximum absolute atomic E-state index is 12.4. The van der Waals surface area contributed by atoms with Crippen molar-refractivity contribution in [3.8, 4) is 11.5 Å². The summed E-state index contributed by atoms with van der Waals surface area (Å²) in [5, 5.41) is 3.72.